The molecule has 14 nitrogen and oxygen atoms in total. The molecule has 1 spiro atoms. The summed E-state index contributed by atoms with van der Waals surface area (Å²) in [6.45, 7) is 4.69. The Morgan fingerprint density at radius 3 is 2.46 bits per heavy atom. The average molecular weight is 868 g/mol. The molecule has 3 aliphatic heterocycles. The number of benzene rings is 1. The third kappa shape index (κ3) is 7.95. The number of hydrogen-bond donors (Lipinski definition) is 3. The summed E-state index contributed by atoms with van der Waals surface area (Å²) in [5.41, 5.74) is -3.48. The minimum absolute atomic E-state index is 0.140. The summed E-state index contributed by atoms with van der Waals surface area (Å²) in [7, 11) is -2.70. The summed E-state index contributed by atoms with van der Waals surface area (Å²) < 4.78 is 79.8. The van der Waals surface area contributed by atoms with Gasteiger partial charge in [-0.3, -0.25) is 19.1 Å². The van der Waals surface area contributed by atoms with Gasteiger partial charge >= 0.3 is 6.09 Å². The van der Waals surface area contributed by atoms with Crippen LogP contribution in [0.1, 0.15) is 121 Å². The molecule has 17 heteroatoms. The number of sulfonamides is 1. The van der Waals surface area contributed by atoms with Gasteiger partial charge in [0.25, 0.3) is 11.8 Å². The van der Waals surface area contributed by atoms with Gasteiger partial charge in [-0.1, -0.05) is 51.0 Å². The summed E-state index contributed by atoms with van der Waals surface area (Å²) >= 11 is 0. The fourth-order valence-corrected chi connectivity index (χ4v) is 10.8. The van der Waals surface area contributed by atoms with Gasteiger partial charge in [-0.05, 0) is 88.8 Å². The van der Waals surface area contributed by atoms with Gasteiger partial charge in [0.2, 0.25) is 21.8 Å². The van der Waals surface area contributed by atoms with Crippen molar-refractivity contribution < 1.29 is 50.6 Å². The number of allylic oxidation sites excluding steroid dienone is 1. The number of rotatable bonds is 7. The highest BCUT2D eigenvalue weighted by molar-refractivity contribution is 7.91. The Hall–Kier alpha value is -4.80. The lowest BCUT2D eigenvalue weighted by atomic mass is 9.73. The number of ether oxygens (including phenoxy) is 3. The molecule has 330 valence electrons. The molecule has 2 saturated carbocycles. The molecule has 1 aromatic carbocycles. The lowest BCUT2D eigenvalue weighted by Crippen LogP contribution is -2.67. The molecular weight excluding hydrogens is 813 g/mol. The molecule has 3 N–H and O–H groups in total. The van der Waals surface area contributed by atoms with Crippen LogP contribution < -0.4 is 24.8 Å². The Bertz CT molecular complexity index is 2290. The SMILES string of the molecule is COc1ccc2nc(C(C)C)c3c(c2c1)C(F)(F)C[C@]1(C[C@H]2C(=O)N[C@]4(C(=O)NS(=O)(=O)C5(C)CC5)C=C[C@H]4/C=C\CCCCC[C@H](NC(=O)OC4CCCC4)C(=O)N2C1)O3. The molecule has 6 aliphatic rings. The predicted molar refractivity (Wildman–Crippen MR) is 220 cm³/mol. The third-order valence-electron chi connectivity index (χ3n) is 13.4. The summed E-state index contributed by atoms with van der Waals surface area (Å²) in [6, 6.07) is 2.07. The van der Waals surface area contributed by atoms with Crippen molar-refractivity contribution in [2.75, 3.05) is 13.7 Å². The Balaban J connectivity index is 1.19. The van der Waals surface area contributed by atoms with Crippen LogP contribution in [0.2, 0.25) is 0 Å². The second-order valence-electron chi connectivity index (χ2n) is 18.3. The van der Waals surface area contributed by atoms with Crippen LogP contribution in [0.3, 0.4) is 0 Å². The lowest BCUT2D eigenvalue weighted by Gasteiger charge is -2.42. The van der Waals surface area contributed by atoms with Crippen LogP contribution in [0.4, 0.5) is 13.6 Å². The zero-order valence-corrected chi connectivity index (χ0v) is 35.9. The van der Waals surface area contributed by atoms with E-state index in [2.05, 4.69) is 15.4 Å². The summed E-state index contributed by atoms with van der Waals surface area (Å²) in [5, 5.41) is 5.67. The molecule has 8 rings (SSSR count). The Morgan fingerprint density at radius 1 is 1.05 bits per heavy atom. The molecule has 61 heavy (non-hydrogen) atoms. The fraction of sp³-hybridized carbons (Fsp3) is 0.614. The van der Waals surface area contributed by atoms with Crippen molar-refractivity contribution in [1.29, 1.82) is 0 Å². The van der Waals surface area contributed by atoms with Gasteiger partial charge < -0.3 is 29.7 Å². The zero-order valence-electron chi connectivity index (χ0n) is 35.1. The Kier molecular flexibility index (Phi) is 11.1. The highest BCUT2D eigenvalue weighted by atomic mass is 32.2. The second-order valence-corrected chi connectivity index (χ2v) is 20.5. The maximum Gasteiger partial charge on any atom is 0.408 e. The largest absolute Gasteiger partial charge is 0.497 e. The van der Waals surface area contributed by atoms with Crippen molar-refractivity contribution in [3.63, 3.8) is 0 Å². The summed E-state index contributed by atoms with van der Waals surface area (Å²) in [6.07, 6.45) is 10.9. The van der Waals surface area contributed by atoms with E-state index in [1.165, 1.54) is 31.1 Å². The van der Waals surface area contributed by atoms with Crippen molar-refractivity contribution in [2.24, 2.45) is 5.92 Å². The Morgan fingerprint density at radius 2 is 1.79 bits per heavy atom. The van der Waals surface area contributed by atoms with Gasteiger partial charge in [0, 0.05) is 17.7 Å². The summed E-state index contributed by atoms with van der Waals surface area (Å²) in [4.78, 5) is 63.3. The highest BCUT2D eigenvalue weighted by Crippen LogP contribution is 2.55. The minimum atomic E-state index is -4.14. The number of pyridine rings is 1. The van der Waals surface area contributed by atoms with E-state index in [9.17, 15) is 27.6 Å². The molecule has 0 unspecified atom stereocenters. The second kappa shape index (κ2) is 15.8. The van der Waals surface area contributed by atoms with Crippen LogP contribution >= 0.6 is 0 Å². The number of hydrogen-bond acceptors (Lipinski definition) is 10. The lowest BCUT2D eigenvalue weighted by molar-refractivity contribution is -0.142. The Labute approximate surface area is 354 Å². The van der Waals surface area contributed by atoms with E-state index in [1.807, 2.05) is 19.9 Å². The zero-order chi connectivity index (χ0) is 43.5. The molecule has 0 radical (unpaired) electrons. The maximum absolute atomic E-state index is 17.1. The molecule has 3 fully saturated rings. The van der Waals surface area contributed by atoms with Crippen LogP contribution in [-0.4, -0.2) is 89.8 Å². The number of aromatic nitrogens is 1. The molecular formula is C44H55F2N5O9S. The van der Waals surface area contributed by atoms with E-state index >= 15 is 8.78 Å². The van der Waals surface area contributed by atoms with E-state index in [0.717, 1.165) is 12.8 Å². The highest BCUT2D eigenvalue weighted by Gasteiger charge is 2.62. The number of nitrogens with zero attached hydrogens (tertiary/aromatic N) is 2. The maximum atomic E-state index is 17.1. The third-order valence-corrected chi connectivity index (χ3v) is 15.6. The van der Waals surface area contributed by atoms with Gasteiger partial charge in [0.05, 0.1) is 41.6 Å². The van der Waals surface area contributed by atoms with E-state index in [4.69, 9.17) is 19.2 Å². The van der Waals surface area contributed by atoms with E-state index in [-0.39, 0.29) is 40.8 Å². The number of amides is 4. The number of alkyl carbamates (subject to hydrolysis) is 1. The fourth-order valence-electron chi connectivity index (χ4n) is 9.50. The topological polar surface area (TPSA) is 182 Å². The van der Waals surface area contributed by atoms with Crippen molar-refractivity contribution in [3.8, 4) is 11.5 Å². The van der Waals surface area contributed by atoms with Crippen LogP contribution in [0.15, 0.2) is 42.5 Å². The van der Waals surface area contributed by atoms with Crippen molar-refractivity contribution in [3.05, 3.63) is 53.8 Å². The normalized spacial score (nSPS) is 30.1. The first-order valence-corrected chi connectivity index (χ1v) is 23.0. The van der Waals surface area contributed by atoms with Crippen LogP contribution in [-0.2, 0) is 35.1 Å². The van der Waals surface area contributed by atoms with E-state index < -0.39 is 93.0 Å². The number of methoxy groups -OCH3 is 1. The number of alkyl halides is 2. The quantitative estimate of drug-likeness (QED) is 0.272. The smallest absolute Gasteiger partial charge is 0.408 e. The van der Waals surface area contributed by atoms with Crippen LogP contribution in [0, 0.1) is 5.92 Å². The molecule has 5 atom stereocenters. The van der Waals surface area contributed by atoms with Gasteiger partial charge in [0.1, 0.15) is 35.1 Å². The number of carbonyl (C=O) groups is 4. The first-order chi connectivity index (χ1) is 28.9. The average Bonchev–Trinajstić information content (AvgIpc) is 3.58. The number of fused-ring (bicyclic) bond motifs is 5. The van der Waals surface area contributed by atoms with Crippen molar-refractivity contribution >= 4 is 44.7 Å². The number of nitrogens with one attached hydrogen (secondary N) is 3. The van der Waals surface area contributed by atoms with Gasteiger partial charge in [-0.15, -0.1) is 0 Å². The first kappa shape index (κ1) is 42.9. The predicted octanol–water partition coefficient (Wildman–Crippen LogP) is 6.18. The molecule has 2 aromatic rings. The van der Waals surface area contributed by atoms with Crippen molar-refractivity contribution in [2.45, 2.75) is 150 Å². The van der Waals surface area contributed by atoms with Gasteiger partial charge in [0.15, 0.2) is 5.75 Å². The van der Waals surface area contributed by atoms with E-state index in [1.54, 1.807) is 24.3 Å². The molecule has 1 saturated heterocycles. The minimum Gasteiger partial charge on any atom is -0.497 e. The first-order valence-electron chi connectivity index (χ1n) is 21.5. The number of carbonyl (C=O) groups excluding carboxylic acids is 4. The standard InChI is InChI=1S/C44H55F2N5O9S/c1-26(2)35-36-34(30-22-29(58-4)16-17-31(30)47-35)44(45,46)24-42(60-36)23-33-37(52)49-43(39(54)50-61(56,57)41(3)20-21-41)19-18-27(43)12-8-6-5-7-9-15-32(38(53)51(33)25-42)48-40(55)59-28-13-10-11-14-28/h8,12,16-19,22,26-28,32-33H,5-7,9-11,13-15,20-21,23-25H2,1-4H3,(H,48,55)(H,49,52)(H,50,54)/b12-8-/t27-,32+,33+,42+,43-/m1/s1. The summed E-state index contributed by atoms with van der Waals surface area (Å²) in [5.74, 6) is -7.01. The van der Waals surface area contributed by atoms with Crippen LogP contribution in [0.25, 0.3) is 10.9 Å². The van der Waals surface area contributed by atoms with Gasteiger partial charge in [-0.2, -0.15) is 0 Å². The van der Waals surface area contributed by atoms with Crippen LogP contribution in [0.5, 0.6) is 11.5 Å². The molecule has 1 aromatic heterocycles. The van der Waals surface area contributed by atoms with Gasteiger partial charge in [-0.25, -0.2) is 27.0 Å². The molecule has 4 heterocycles. The molecule has 0 bridgehead atoms. The van der Waals surface area contributed by atoms with Crippen molar-refractivity contribution in [1.82, 2.24) is 25.2 Å². The monoisotopic (exact) mass is 867 g/mol. The molecule has 3 aliphatic carbocycles. The molecule has 4 amide bonds. The number of halogens is 2. The van der Waals surface area contributed by atoms with E-state index in [0.29, 0.717) is 62.6 Å².